The van der Waals surface area contributed by atoms with Gasteiger partial charge in [-0.1, -0.05) is 111 Å². The molecule has 1 atom stereocenters. The van der Waals surface area contributed by atoms with Crippen LogP contribution in [0.2, 0.25) is 0 Å². The molecule has 4 aliphatic heterocycles. The molecule has 76 heavy (non-hydrogen) atoms. The van der Waals surface area contributed by atoms with Crippen molar-refractivity contribution in [3.8, 4) is 46.0 Å². The largest absolute Gasteiger partial charge is 0.456 e. The van der Waals surface area contributed by atoms with Gasteiger partial charge in [-0.25, -0.2) is 4.98 Å². The zero-order valence-electron chi connectivity index (χ0n) is 41.4. The number of para-hydroxylation sites is 8. The predicted molar refractivity (Wildman–Crippen MR) is 301 cm³/mol. The highest BCUT2D eigenvalue weighted by Gasteiger charge is 2.44. The van der Waals surface area contributed by atoms with Crippen molar-refractivity contribution in [2.45, 2.75) is 45.7 Å². The fraction of sp³-hybridized carbons (Fsp3) is 0.106. The van der Waals surface area contributed by atoms with Crippen LogP contribution in [-0.2, 0) is 25.7 Å². The number of fused-ring (bicyclic) bond motifs is 12. The molecule has 13 aromatic rings. The van der Waals surface area contributed by atoms with E-state index in [-0.39, 0.29) is 11.5 Å². The number of aromatic nitrogens is 2. The Kier molecular flexibility index (Phi) is 8.96. The summed E-state index contributed by atoms with van der Waals surface area (Å²) in [6.07, 6.45) is 2.08. The number of amides is 1. The molecule has 364 valence electrons. The molecule has 0 bridgehead atoms. The van der Waals surface area contributed by atoms with Crippen LogP contribution < -0.4 is 34.7 Å². The van der Waals surface area contributed by atoms with Gasteiger partial charge in [0, 0.05) is 54.0 Å². The molecule has 0 saturated heterocycles. The fourth-order valence-electron chi connectivity index (χ4n) is 12.8. The molecule has 11 aromatic carbocycles. The lowest BCUT2D eigenvalue weighted by molar-refractivity contribution is 0.0979. The minimum Gasteiger partial charge on any atom is -0.456 e. The molecule has 0 saturated carbocycles. The van der Waals surface area contributed by atoms with Crippen LogP contribution in [0.3, 0.4) is 0 Å². The minimum absolute atomic E-state index is 0.165. The molecule has 1 N–H and O–H groups in total. The zero-order valence-corrected chi connectivity index (χ0v) is 41.4. The Morgan fingerprint density at radius 2 is 0.921 bits per heavy atom. The van der Waals surface area contributed by atoms with Gasteiger partial charge in [-0.2, -0.15) is 0 Å². The number of imidazole rings is 1. The second kappa shape index (κ2) is 15.9. The van der Waals surface area contributed by atoms with Crippen molar-refractivity contribution in [3.05, 3.63) is 214 Å². The first-order chi connectivity index (χ1) is 37.5. The van der Waals surface area contributed by atoms with Crippen LogP contribution in [0.4, 0.5) is 11.4 Å². The topological polar surface area (TPSA) is 104 Å². The monoisotopic (exact) mass is 988 g/mol. The van der Waals surface area contributed by atoms with Crippen molar-refractivity contribution in [2.24, 2.45) is 0 Å². The Balaban J connectivity index is 0.00000241. The number of hydrogen-bond donors (Lipinski definition) is 1. The van der Waals surface area contributed by atoms with Crippen LogP contribution in [0.1, 0.15) is 58.2 Å². The number of anilines is 2. The molecule has 10 nitrogen and oxygen atoms in total. The van der Waals surface area contributed by atoms with Crippen molar-refractivity contribution >= 4 is 87.8 Å². The zero-order chi connectivity index (χ0) is 50.5. The number of nitrogens with zero attached hydrogens (tertiary/aromatic N) is 3. The van der Waals surface area contributed by atoms with Gasteiger partial charge in [0.05, 0.1) is 33.4 Å². The van der Waals surface area contributed by atoms with Crippen molar-refractivity contribution in [3.63, 3.8) is 0 Å². The summed E-state index contributed by atoms with van der Waals surface area (Å²) in [5.41, 5.74) is 8.73. The highest BCUT2D eigenvalue weighted by molar-refractivity contribution is 6.43. The lowest BCUT2D eigenvalue weighted by Crippen LogP contribution is -2.37. The molecular formula is C66H44N4O6. The van der Waals surface area contributed by atoms with Gasteiger partial charge < -0.3 is 24.3 Å². The molecule has 0 fully saturated rings. The third-order valence-corrected chi connectivity index (χ3v) is 16.0. The van der Waals surface area contributed by atoms with E-state index in [0.29, 0.717) is 126 Å². The Labute approximate surface area is 434 Å². The van der Waals surface area contributed by atoms with E-state index >= 15 is 9.59 Å². The standard InChI is InChI=1S/C64H38N4O6.C2H6/c69-63-39-32-52-58-56-50(72-46-22-10-2-14-34(46)26-28-36-16-4-12-24-48(36)74-52)30-38-54-40(64(70)68-44-20-8-6-18-42(44)66-62(38)68)31-51-57(60(54)56)55-49(29-37(53(39)59(55)58)61-65-41-17-5-7-19-43(41)67(61)63)71-45-21-9-1-13-33(45)25-27-35-15-3-11-23-47(35)73-51;1-2/h1-24,29-32,61,65H,25-28H2;1-2H3. The smallest absolute Gasteiger partial charge is 0.264 e. The van der Waals surface area contributed by atoms with Crippen LogP contribution in [0.5, 0.6) is 46.0 Å². The number of carbonyl (C=O) groups excluding carboxylic acids is 1. The molecule has 17 rings (SSSR count). The summed E-state index contributed by atoms with van der Waals surface area (Å²) in [6.45, 7) is 4.00. The van der Waals surface area contributed by atoms with Gasteiger partial charge in [0.25, 0.3) is 11.5 Å². The van der Waals surface area contributed by atoms with Gasteiger partial charge >= 0.3 is 0 Å². The number of pyridine rings is 1. The van der Waals surface area contributed by atoms with Crippen molar-refractivity contribution < 1.29 is 23.7 Å². The highest BCUT2D eigenvalue weighted by atomic mass is 16.5. The summed E-state index contributed by atoms with van der Waals surface area (Å²) in [7, 11) is 0. The van der Waals surface area contributed by atoms with Gasteiger partial charge in [0.15, 0.2) is 0 Å². The third kappa shape index (κ3) is 5.83. The predicted octanol–water partition coefficient (Wildman–Crippen LogP) is 16.0. The lowest BCUT2D eigenvalue weighted by Gasteiger charge is -2.34. The van der Waals surface area contributed by atoms with Crippen LogP contribution in [0.15, 0.2) is 175 Å². The molecule has 0 radical (unpaired) electrons. The van der Waals surface area contributed by atoms with E-state index in [1.165, 1.54) is 0 Å². The average molecular weight is 989 g/mol. The van der Waals surface area contributed by atoms with Crippen molar-refractivity contribution in [1.82, 2.24) is 9.38 Å². The third-order valence-electron chi connectivity index (χ3n) is 16.0. The van der Waals surface area contributed by atoms with Crippen LogP contribution in [0.25, 0.3) is 70.5 Å². The van der Waals surface area contributed by atoms with Gasteiger partial charge in [-0.05, 0) is 121 Å². The Morgan fingerprint density at radius 1 is 0.461 bits per heavy atom. The van der Waals surface area contributed by atoms with E-state index in [0.717, 1.165) is 60.7 Å². The van der Waals surface area contributed by atoms with Crippen LogP contribution in [-0.4, -0.2) is 15.3 Å². The SMILES string of the molecule is CC.O=C1c2cc3c4c5c(cc6c7c(cc8c(c9c(cc(c2c94)C2Nc4ccccc4N12)Oc1ccccc1CCc1ccccc1O8)c57)c(=O)n1c2ccccc2nc61)Oc1ccccc1CCc1ccccc1O3. The summed E-state index contributed by atoms with van der Waals surface area (Å²) in [5.74, 6) is 4.61. The molecule has 0 aliphatic carbocycles. The second-order valence-corrected chi connectivity index (χ2v) is 19.9. The van der Waals surface area contributed by atoms with E-state index in [9.17, 15) is 0 Å². The van der Waals surface area contributed by atoms with Gasteiger partial charge in [0.2, 0.25) is 0 Å². The highest BCUT2D eigenvalue weighted by Crippen LogP contribution is 2.60. The maximum Gasteiger partial charge on any atom is 0.264 e. The van der Waals surface area contributed by atoms with E-state index < -0.39 is 6.17 Å². The average Bonchev–Trinajstić information content (AvgIpc) is 4.10. The van der Waals surface area contributed by atoms with Gasteiger partial charge in [-0.15, -0.1) is 0 Å². The summed E-state index contributed by atoms with van der Waals surface area (Å²) in [6, 6.07) is 56.4. The number of rotatable bonds is 0. The van der Waals surface area contributed by atoms with Crippen LogP contribution in [0, 0.1) is 0 Å². The molecule has 6 heterocycles. The summed E-state index contributed by atoms with van der Waals surface area (Å²) < 4.78 is 31.6. The fourth-order valence-corrected chi connectivity index (χ4v) is 12.8. The normalized spacial score (nSPS) is 15.2. The first kappa shape index (κ1) is 42.8. The van der Waals surface area contributed by atoms with Crippen molar-refractivity contribution in [1.29, 1.82) is 0 Å². The number of nitrogens with one attached hydrogen (secondary N) is 1. The first-order valence-electron chi connectivity index (χ1n) is 26.1. The molecular weight excluding hydrogens is 945 g/mol. The van der Waals surface area contributed by atoms with Gasteiger partial charge in [0.1, 0.15) is 57.8 Å². The lowest BCUT2D eigenvalue weighted by atomic mass is 9.81. The summed E-state index contributed by atoms with van der Waals surface area (Å²) in [5, 5.41) is 10.7. The van der Waals surface area contributed by atoms with Crippen molar-refractivity contribution in [2.75, 3.05) is 10.2 Å². The molecule has 2 aromatic heterocycles. The van der Waals surface area contributed by atoms with E-state index in [4.69, 9.17) is 23.9 Å². The molecule has 0 spiro atoms. The Bertz CT molecular complexity index is 4710. The maximum atomic E-state index is 15.7. The van der Waals surface area contributed by atoms with E-state index in [1.54, 1.807) is 4.40 Å². The molecule has 10 heteroatoms. The number of benzene rings is 11. The first-order valence-corrected chi connectivity index (χ1v) is 26.1. The van der Waals surface area contributed by atoms with Crippen LogP contribution >= 0.6 is 0 Å². The van der Waals surface area contributed by atoms with Gasteiger partial charge in [-0.3, -0.25) is 18.9 Å². The Morgan fingerprint density at radius 3 is 1.50 bits per heavy atom. The molecule has 4 aliphatic rings. The molecule has 1 amide bonds. The number of aryl methyl sites for hydroxylation is 4. The molecule has 1 unspecified atom stereocenters. The number of hydrogen-bond acceptors (Lipinski definition) is 8. The van der Waals surface area contributed by atoms with E-state index in [2.05, 4.69) is 47.8 Å². The quantitative estimate of drug-likeness (QED) is 0.118. The Hall–Kier alpha value is -9.67. The van der Waals surface area contributed by atoms with E-state index in [1.807, 2.05) is 146 Å². The second-order valence-electron chi connectivity index (χ2n) is 19.9. The minimum atomic E-state index is -0.573. The summed E-state index contributed by atoms with van der Waals surface area (Å²) in [4.78, 5) is 38.4. The number of ether oxygens (including phenoxy) is 4. The maximum absolute atomic E-state index is 15.7. The summed E-state index contributed by atoms with van der Waals surface area (Å²) >= 11 is 0. The number of carbonyl (C=O) groups is 1.